The highest BCUT2D eigenvalue weighted by atomic mass is 35.5. The van der Waals surface area contributed by atoms with Crippen molar-refractivity contribution < 1.29 is 19.1 Å². The number of aliphatic hydroxyl groups is 1. The van der Waals surface area contributed by atoms with Crippen LogP contribution >= 0.6 is 11.6 Å². The van der Waals surface area contributed by atoms with Crippen LogP contribution in [0.25, 0.3) is 11.3 Å². The molecule has 3 N–H and O–H groups in total. The molecule has 0 radical (unpaired) electrons. The third-order valence-corrected chi connectivity index (χ3v) is 3.91. The Balaban J connectivity index is 0.00000204. The highest BCUT2D eigenvalue weighted by molar-refractivity contribution is 6.33. The standard InChI is InChI=1S/C19H17ClFN3O3.C2H2/c1-24(11-25)8-7-14(26)6-5-12-3-2-4-13(9-12)17-16(21)10-15(20)18(23-17)19(22)27;1-2/h2-4,9-11,14,26H,7-8H2,1H3,(H2,22,27);1-2H/t14-;/m0./s1. The predicted molar refractivity (Wildman–Crippen MR) is 109 cm³/mol. The molecule has 6 nitrogen and oxygen atoms in total. The van der Waals surface area contributed by atoms with E-state index < -0.39 is 17.8 Å². The number of aliphatic hydroxyl groups excluding tert-OH is 1. The zero-order valence-electron chi connectivity index (χ0n) is 15.6. The molecule has 1 aromatic carbocycles. The van der Waals surface area contributed by atoms with Gasteiger partial charge < -0.3 is 15.7 Å². The van der Waals surface area contributed by atoms with E-state index in [0.29, 0.717) is 30.5 Å². The van der Waals surface area contributed by atoms with Gasteiger partial charge in [0.25, 0.3) is 5.91 Å². The van der Waals surface area contributed by atoms with Crippen molar-refractivity contribution in [2.45, 2.75) is 12.5 Å². The monoisotopic (exact) mass is 415 g/mol. The van der Waals surface area contributed by atoms with E-state index >= 15 is 0 Å². The van der Waals surface area contributed by atoms with Gasteiger partial charge in [0.1, 0.15) is 17.5 Å². The van der Waals surface area contributed by atoms with Crippen molar-refractivity contribution in [3.63, 3.8) is 0 Å². The summed E-state index contributed by atoms with van der Waals surface area (Å²) < 4.78 is 14.2. The van der Waals surface area contributed by atoms with E-state index in [0.717, 1.165) is 6.07 Å². The van der Waals surface area contributed by atoms with E-state index in [4.69, 9.17) is 17.3 Å². The molecule has 2 rings (SSSR count). The van der Waals surface area contributed by atoms with Crippen LogP contribution in [0.15, 0.2) is 30.3 Å². The smallest absolute Gasteiger partial charge is 0.268 e. The molecule has 0 saturated carbocycles. The van der Waals surface area contributed by atoms with Crippen molar-refractivity contribution in [2.24, 2.45) is 5.73 Å². The van der Waals surface area contributed by atoms with Crippen molar-refractivity contribution in [3.05, 3.63) is 52.4 Å². The number of hydrogen-bond acceptors (Lipinski definition) is 4. The Bertz CT molecular complexity index is 967. The minimum atomic E-state index is -0.914. The number of pyridine rings is 1. The second kappa shape index (κ2) is 11.5. The van der Waals surface area contributed by atoms with Crippen LogP contribution in [-0.4, -0.2) is 47.0 Å². The molecule has 0 fully saturated rings. The van der Waals surface area contributed by atoms with E-state index in [1.807, 2.05) is 0 Å². The van der Waals surface area contributed by atoms with Crippen molar-refractivity contribution in [1.29, 1.82) is 0 Å². The lowest BCUT2D eigenvalue weighted by atomic mass is 10.1. The average Bonchev–Trinajstić information content (AvgIpc) is 2.71. The molecule has 1 atom stereocenters. The Morgan fingerprint density at radius 1 is 1.45 bits per heavy atom. The fraction of sp³-hybridized carbons (Fsp3) is 0.190. The maximum Gasteiger partial charge on any atom is 0.268 e. The number of rotatable bonds is 6. The van der Waals surface area contributed by atoms with Crippen LogP contribution in [0.4, 0.5) is 4.39 Å². The lowest BCUT2D eigenvalue weighted by Crippen LogP contribution is -2.21. The number of benzene rings is 1. The van der Waals surface area contributed by atoms with Gasteiger partial charge in [-0.2, -0.15) is 0 Å². The van der Waals surface area contributed by atoms with Crippen molar-refractivity contribution >= 4 is 23.9 Å². The number of hydrogen-bond donors (Lipinski definition) is 2. The number of carbonyl (C=O) groups is 2. The maximum atomic E-state index is 14.2. The number of nitrogens with zero attached hydrogens (tertiary/aromatic N) is 2. The van der Waals surface area contributed by atoms with Gasteiger partial charge in [0.15, 0.2) is 5.82 Å². The first-order valence-corrected chi connectivity index (χ1v) is 8.64. The Morgan fingerprint density at radius 2 is 2.14 bits per heavy atom. The molecule has 8 heteroatoms. The van der Waals surface area contributed by atoms with Crippen LogP contribution in [0.1, 0.15) is 22.5 Å². The van der Waals surface area contributed by atoms with Gasteiger partial charge in [-0.15, -0.1) is 12.8 Å². The van der Waals surface area contributed by atoms with E-state index in [9.17, 15) is 19.1 Å². The summed E-state index contributed by atoms with van der Waals surface area (Å²) in [5.74, 6) is 3.89. The van der Waals surface area contributed by atoms with Crippen molar-refractivity contribution in [1.82, 2.24) is 9.88 Å². The predicted octanol–water partition coefficient (Wildman–Crippen LogP) is 2.08. The number of aromatic nitrogens is 1. The van der Waals surface area contributed by atoms with Gasteiger partial charge in [0.05, 0.1) is 5.02 Å². The zero-order chi connectivity index (χ0) is 22.0. The summed E-state index contributed by atoms with van der Waals surface area (Å²) in [5.41, 5.74) is 5.80. The van der Waals surface area contributed by atoms with E-state index in [1.165, 1.54) is 4.90 Å². The second-order valence-corrected chi connectivity index (χ2v) is 6.16. The minimum absolute atomic E-state index is 0.0787. The largest absolute Gasteiger partial charge is 0.380 e. The van der Waals surface area contributed by atoms with Gasteiger partial charge >= 0.3 is 0 Å². The molecular weight excluding hydrogens is 397 g/mol. The Hall–Kier alpha value is -3.39. The SMILES string of the molecule is C#C.CN(C=O)CC[C@@H](O)C#Cc1cccc(-c2nc(C(N)=O)c(Cl)cc2F)c1. The highest BCUT2D eigenvalue weighted by Gasteiger charge is 2.16. The number of nitrogens with two attached hydrogens (primary N) is 1. The minimum Gasteiger partial charge on any atom is -0.380 e. The Labute approximate surface area is 173 Å². The lowest BCUT2D eigenvalue weighted by Gasteiger charge is -2.10. The van der Waals surface area contributed by atoms with E-state index in [2.05, 4.69) is 29.7 Å². The van der Waals surface area contributed by atoms with Crippen LogP contribution in [0.5, 0.6) is 0 Å². The maximum absolute atomic E-state index is 14.2. The van der Waals surface area contributed by atoms with Crippen molar-refractivity contribution in [3.8, 4) is 35.9 Å². The van der Waals surface area contributed by atoms with Gasteiger partial charge in [-0.3, -0.25) is 9.59 Å². The Kier molecular flexibility index (Phi) is 9.34. The molecule has 0 bridgehead atoms. The second-order valence-electron chi connectivity index (χ2n) is 5.75. The van der Waals surface area contributed by atoms with Crippen LogP contribution in [-0.2, 0) is 4.79 Å². The molecule has 0 aliphatic carbocycles. The van der Waals surface area contributed by atoms with E-state index in [1.54, 1.807) is 31.3 Å². The van der Waals surface area contributed by atoms with Crippen LogP contribution < -0.4 is 5.73 Å². The first-order chi connectivity index (χ1) is 13.8. The molecule has 1 heterocycles. The Morgan fingerprint density at radius 3 is 2.76 bits per heavy atom. The first kappa shape index (κ1) is 23.6. The normalized spacial score (nSPS) is 10.6. The summed E-state index contributed by atoms with van der Waals surface area (Å²) in [5, 5.41) is 9.69. The van der Waals surface area contributed by atoms with Crippen LogP contribution in [0, 0.1) is 30.5 Å². The fourth-order valence-electron chi connectivity index (χ4n) is 2.20. The number of terminal acetylenes is 1. The van der Waals surface area contributed by atoms with Crippen molar-refractivity contribution in [2.75, 3.05) is 13.6 Å². The zero-order valence-corrected chi connectivity index (χ0v) is 16.4. The van der Waals surface area contributed by atoms with Gasteiger partial charge in [-0.1, -0.05) is 35.6 Å². The average molecular weight is 416 g/mol. The van der Waals surface area contributed by atoms with Crippen LogP contribution in [0.3, 0.4) is 0 Å². The third kappa shape index (κ3) is 6.93. The number of halogens is 2. The topological polar surface area (TPSA) is 96.5 Å². The summed E-state index contributed by atoms with van der Waals surface area (Å²) >= 11 is 5.78. The molecule has 0 spiro atoms. The molecule has 0 unspecified atom stereocenters. The van der Waals surface area contributed by atoms with Gasteiger partial charge in [0.2, 0.25) is 6.41 Å². The summed E-state index contributed by atoms with van der Waals surface area (Å²) in [6.45, 7) is 0.370. The summed E-state index contributed by atoms with van der Waals surface area (Å²) in [7, 11) is 1.60. The highest BCUT2D eigenvalue weighted by Crippen LogP contribution is 2.25. The quantitative estimate of drug-likeness (QED) is 0.557. The molecule has 29 heavy (non-hydrogen) atoms. The van der Waals surface area contributed by atoms with Gasteiger partial charge in [-0.05, 0) is 18.2 Å². The van der Waals surface area contributed by atoms with Gasteiger partial charge in [0, 0.05) is 31.1 Å². The number of amides is 2. The molecule has 2 amide bonds. The summed E-state index contributed by atoms with van der Waals surface area (Å²) in [4.78, 5) is 27.2. The fourth-order valence-corrected chi connectivity index (χ4v) is 2.43. The van der Waals surface area contributed by atoms with Gasteiger partial charge in [-0.25, -0.2) is 9.37 Å². The molecule has 150 valence electrons. The number of carbonyl (C=O) groups excluding carboxylic acids is 2. The van der Waals surface area contributed by atoms with Crippen LogP contribution in [0.2, 0.25) is 5.02 Å². The lowest BCUT2D eigenvalue weighted by molar-refractivity contribution is -0.117. The molecule has 2 aromatic rings. The molecular formula is C21H19ClFN3O3. The molecule has 0 aliphatic heterocycles. The number of primary amides is 1. The molecule has 1 aromatic heterocycles. The summed E-state index contributed by atoms with van der Waals surface area (Å²) in [6, 6.07) is 7.48. The molecule has 0 aliphatic rings. The molecule has 0 saturated heterocycles. The van der Waals surface area contributed by atoms with E-state index in [-0.39, 0.29) is 16.4 Å². The first-order valence-electron chi connectivity index (χ1n) is 8.26. The third-order valence-electron chi connectivity index (χ3n) is 3.62. The summed E-state index contributed by atoms with van der Waals surface area (Å²) in [6.07, 6.45) is 8.05.